The highest BCUT2D eigenvalue weighted by Crippen LogP contribution is 2.46. The number of thiazole rings is 1. The SMILES string of the molecule is COc1ccc2c(OC3CC4C(=O)NC5(C(=O)NS(=O)(=O)C6CC6)CC5C=CCCCCOC(C)C(=O)N4C3)cc(-c3nc(C4CC4)cs3)nc2c1C. The van der Waals surface area contributed by atoms with E-state index in [1.165, 1.54) is 16.2 Å². The molecular formula is C38H45N5O8S2. The normalized spacial score (nSPS) is 28.0. The molecule has 8 rings (SSSR count). The quantitative estimate of drug-likeness (QED) is 0.312. The zero-order valence-corrected chi connectivity index (χ0v) is 31.8. The molecule has 5 atom stereocenters. The van der Waals surface area contributed by atoms with Crippen LogP contribution in [-0.4, -0.2) is 90.3 Å². The van der Waals surface area contributed by atoms with E-state index in [1.54, 1.807) is 14.0 Å². The third kappa shape index (κ3) is 7.15. The molecule has 13 nitrogen and oxygen atoms in total. The van der Waals surface area contributed by atoms with Crippen molar-refractivity contribution in [2.75, 3.05) is 20.3 Å². The summed E-state index contributed by atoms with van der Waals surface area (Å²) in [6, 6.07) is 4.64. The highest BCUT2D eigenvalue weighted by molar-refractivity contribution is 7.91. The number of nitrogens with one attached hydrogen (secondary N) is 2. The molecule has 4 heterocycles. The summed E-state index contributed by atoms with van der Waals surface area (Å²) in [4.78, 5) is 53.3. The molecule has 5 unspecified atom stereocenters. The minimum absolute atomic E-state index is 0.0978. The number of amides is 3. The van der Waals surface area contributed by atoms with E-state index < -0.39 is 50.9 Å². The van der Waals surface area contributed by atoms with Crippen LogP contribution < -0.4 is 19.5 Å². The van der Waals surface area contributed by atoms with Gasteiger partial charge in [-0.1, -0.05) is 12.2 Å². The lowest BCUT2D eigenvalue weighted by molar-refractivity contribution is -0.147. The number of methoxy groups -OCH3 is 1. The molecule has 3 aromatic rings. The largest absolute Gasteiger partial charge is 0.496 e. The van der Waals surface area contributed by atoms with Crippen LogP contribution in [0.2, 0.25) is 0 Å². The van der Waals surface area contributed by atoms with Crippen LogP contribution in [-0.2, 0) is 29.1 Å². The number of fused-ring (bicyclic) bond motifs is 3. The van der Waals surface area contributed by atoms with E-state index in [0.717, 1.165) is 53.8 Å². The second kappa shape index (κ2) is 14.0. The Labute approximate surface area is 312 Å². The van der Waals surface area contributed by atoms with Gasteiger partial charge in [-0.05, 0) is 77.3 Å². The number of carbonyl (C=O) groups is 3. The Morgan fingerprint density at radius 1 is 1.13 bits per heavy atom. The van der Waals surface area contributed by atoms with Gasteiger partial charge in [0, 0.05) is 47.3 Å². The van der Waals surface area contributed by atoms with Gasteiger partial charge in [-0.2, -0.15) is 0 Å². The van der Waals surface area contributed by atoms with Crippen molar-refractivity contribution in [3.63, 3.8) is 0 Å². The van der Waals surface area contributed by atoms with Gasteiger partial charge in [-0.15, -0.1) is 11.3 Å². The number of rotatable bonds is 8. The van der Waals surface area contributed by atoms with Crippen molar-refractivity contribution in [1.82, 2.24) is 24.9 Å². The molecule has 2 N–H and O–H groups in total. The molecule has 53 heavy (non-hydrogen) atoms. The fourth-order valence-electron chi connectivity index (χ4n) is 7.49. The molecule has 3 aliphatic carbocycles. The number of benzene rings is 1. The molecular weight excluding hydrogens is 719 g/mol. The lowest BCUT2D eigenvalue weighted by Crippen LogP contribution is -2.57. The smallest absolute Gasteiger partial charge is 0.259 e. The Bertz CT molecular complexity index is 2090. The zero-order valence-electron chi connectivity index (χ0n) is 30.1. The molecule has 5 aliphatic rings. The van der Waals surface area contributed by atoms with Gasteiger partial charge in [0.25, 0.3) is 11.8 Å². The van der Waals surface area contributed by atoms with Crippen molar-refractivity contribution in [3.8, 4) is 22.2 Å². The molecule has 15 heteroatoms. The Hall–Kier alpha value is -4.08. The van der Waals surface area contributed by atoms with Crippen molar-refractivity contribution >= 4 is 50.0 Å². The van der Waals surface area contributed by atoms with Gasteiger partial charge in [0.15, 0.2) is 0 Å². The van der Waals surface area contributed by atoms with Crippen LogP contribution in [0.1, 0.15) is 81.9 Å². The van der Waals surface area contributed by atoms with E-state index in [2.05, 4.69) is 15.4 Å². The van der Waals surface area contributed by atoms with Crippen LogP contribution in [0.15, 0.2) is 35.7 Å². The summed E-state index contributed by atoms with van der Waals surface area (Å²) in [5.41, 5.74) is 1.83. The third-order valence-corrected chi connectivity index (χ3v) is 13.8. The molecule has 2 aromatic heterocycles. The van der Waals surface area contributed by atoms with Gasteiger partial charge in [0.2, 0.25) is 15.9 Å². The molecule has 1 saturated heterocycles. The van der Waals surface area contributed by atoms with Crippen molar-refractivity contribution in [2.24, 2.45) is 5.92 Å². The highest BCUT2D eigenvalue weighted by Gasteiger charge is 2.62. The summed E-state index contributed by atoms with van der Waals surface area (Å²) in [5, 5.41) is 5.94. The fourth-order valence-corrected chi connectivity index (χ4v) is 9.71. The maximum Gasteiger partial charge on any atom is 0.259 e. The van der Waals surface area contributed by atoms with Gasteiger partial charge >= 0.3 is 0 Å². The summed E-state index contributed by atoms with van der Waals surface area (Å²) in [6.45, 7) is 4.10. The van der Waals surface area contributed by atoms with Crippen LogP contribution in [0.4, 0.5) is 0 Å². The predicted octanol–water partition coefficient (Wildman–Crippen LogP) is 4.53. The van der Waals surface area contributed by atoms with Crippen molar-refractivity contribution in [3.05, 3.63) is 47.0 Å². The number of allylic oxidation sites excluding steroid dienone is 1. The van der Waals surface area contributed by atoms with E-state index in [1.807, 2.05) is 37.3 Å². The fraction of sp³-hybridized carbons (Fsp3) is 0.553. The monoisotopic (exact) mass is 763 g/mol. The molecule has 282 valence electrons. The first-order valence-corrected chi connectivity index (χ1v) is 21.0. The number of hydrogen-bond donors (Lipinski definition) is 2. The Kier molecular flexibility index (Phi) is 9.46. The molecule has 0 spiro atoms. The van der Waals surface area contributed by atoms with Crippen LogP contribution in [0.5, 0.6) is 11.5 Å². The molecule has 3 saturated carbocycles. The van der Waals surface area contributed by atoms with E-state index in [9.17, 15) is 22.8 Å². The first-order chi connectivity index (χ1) is 25.5. The topological polar surface area (TPSA) is 166 Å². The summed E-state index contributed by atoms with van der Waals surface area (Å²) in [7, 11) is -2.23. The molecule has 1 aromatic carbocycles. The van der Waals surface area contributed by atoms with E-state index in [0.29, 0.717) is 48.1 Å². The number of carbonyl (C=O) groups excluding carboxylic acids is 3. The number of aryl methyl sites for hydroxylation is 1. The summed E-state index contributed by atoms with van der Waals surface area (Å²) in [5.74, 6) is -0.313. The van der Waals surface area contributed by atoms with Gasteiger partial charge < -0.3 is 24.4 Å². The van der Waals surface area contributed by atoms with Crippen LogP contribution in [0.25, 0.3) is 21.6 Å². The third-order valence-electron chi connectivity index (χ3n) is 11.1. The minimum atomic E-state index is -3.85. The zero-order chi connectivity index (χ0) is 37.1. The number of sulfonamides is 1. The van der Waals surface area contributed by atoms with E-state index in [4.69, 9.17) is 24.2 Å². The second-order valence-corrected chi connectivity index (χ2v) is 17.8. The number of pyridine rings is 1. The van der Waals surface area contributed by atoms with E-state index in [-0.39, 0.29) is 31.2 Å². The summed E-state index contributed by atoms with van der Waals surface area (Å²) in [6.07, 6.45) is 8.37. The summed E-state index contributed by atoms with van der Waals surface area (Å²) < 4.78 is 46.1. The molecule has 0 bridgehead atoms. The van der Waals surface area contributed by atoms with E-state index >= 15 is 0 Å². The number of nitrogens with zero attached hydrogens (tertiary/aromatic N) is 3. The van der Waals surface area contributed by atoms with Crippen LogP contribution in [0.3, 0.4) is 0 Å². The molecule has 2 aliphatic heterocycles. The van der Waals surface area contributed by atoms with Gasteiger partial charge in [0.05, 0.1) is 30.1 Å². The lowest BCUT2D eigenvalue weighted by atomic mass is 10.1. The molecule has 3 amide bonds. The van der Waals surface area contributed by atoms with Crippen molar-refractivity contribution < 1.29 is 37.0 Å². The van der Waals surface area contributed by atoms with Crippen LogP contribution >= 0.6 is 11.3 Å². The Morgan fingerprint density at radius 3 is 2.70 bits per heavy atom. The standard InChI is InChI=1S/C38H45N5O8S2/c1-21-31(49-3)14-13-27-32(17-28(39-33(21)27)35-40-29(20-52-35)23-9-10-23)51-25-16-30-34(44)41-38(37(46)42-53(47,48)26-11-12-26)18-24(38)8-6-4-5-7-15-50-22(2)36(45)43(30)19-25/h6,8,13-14,17,20,22-26,30H,4-5,7,9-12,15-16,18-19H2,1-3H3,(H,41,44)(H,42,46). The lowest BCUT2D eigenvalue weighted by Gasteiger charge is -2.28. The maximum atomic E-state index is 14.3. The maximum absolute atomic E-state index is 14.3. The van der Waals surface area contributed by atoms with Crippen molar-refractivity contribution in [2.45, 2.75) is 107 Å². The number of ether oxygens (including phenoxy) is 3. The first kappa shape index (κ1) is 35.9. The molecule has 4 fully saturated rings. The Balaban J connectivity index is 1.11. The van der Waals surface area contributed by atoms with Crippen molar-refractivity contribution in [1.29, 1.82) is 0 Å². The first-order valence-electron chi connectivity index (χ1n) is 18.5. The molecule has 0 radical (unpaired) electrons. The number of aromatic nitrogens is 2. The van der Waals surface area contributed by atoms with Gasteiger partial charge in [0.1, 0.15) is 46.0 Å². The Morgan fingerprint density at radius 2 is 1.94 bits per heavy atom. The minimum Gasteiger partial charge on any atom is -0.496 e. The highest BCUT2D eigenvalue weighted by atomic mass is 32.2. The van der Waals surface area contributed by atoms with Gasteiger partial charge in [-0.3, -0.25) is 19.1 Å². The average Bonchev–Trinajstić information content (AvgIpc) is 4.09. The van der Waals surface area contributed by atoms with Crippen LogP contribution in [0, 0.1) is 12.8 Å². The summed E-state index contributed by atoms with van der Waals surface area (Å²) >= 11 is 1.54. The predicted molar refractivity (Wildman–Crippen MR) is 198 cm³/mol. The number of hydrogen-bond acceptors (Lipinski definition) is 11. The average molecular weight is 764 g/mol. The van der Waals surface area contributed by atoms with Gasteiger partial charge in [-0.25, -0.2) is 18.4 Å². The second-order valence-electron chi connectivity index (χ2n) is 15.0.